The van der Waals surface area contributed by atoms with Crippen molar-refractivity contribution in [2.24, 2.45) is 0 Å². The first-order valence-corrected chi connectivity index (χ1v) is 14.2. The van der Waals surface area contributed by atoms with Gasteiger partial charge >= 0.3 is 0 Å². The Kier molecular flexibility index (Phi) is 8.08. The van der Waals surface area contributed by atoms with Crippen LogP contribution in [0.3, 0.4) is 0 Å². The number of rotatable bonds is 3. The Morgan fingerprint density at radius 2 is 1.17 bits per heavy atom. The van der Waals surface area contributed by atoms with Crippen LogP contribution in [0.25, 0.3) is 0 Å². The maximum absolute atomic E-state index is 9.76. The summed E-state index contributed by atoms with van der Waals surface area (Å²) in [6.07, 6.45) is 0.889. The maximum atomic E-state index is 9.76. The minimum Gasteiger partial charge on any atom is -0.508 e. The molecule has 4 N–H and O–H groups in total. The predicted molar refractivity (Wildman–Crippen MR) is 158 cm³/mol. The van der Waals surface area contributed by atoms with Gasteiger partial charge in [-0.05, 0) is 59.5 Å². The monoisotopic (exact) mass is 569 g/mol. The SMILES string of the molecule is Oc1ccc([C@@H]2COc3cc(O)ccc3C2)cc1.Oc1ccc([C@@H]2COc3cc(O)ccc3[C@H]2N2CCOCC2)cc1. The molecule has 0 spiro atoms. The zero-order valence-corrected chi connectivity index (χ0v) is 23.2. The number of morpholine rings is 1. The van der Waals surface area contributed by atoms with E-state index in [0.717, 1.165) is 66.5 Å². The molecule has 8 heteroatoms. The first-order chi connectivity index (χ1) is 20.4. The van der Waals surface area contributed by atoms with Crippen molar-refractivity contribution in [1.29, 1.82) is 0 Å². The highest BCUT2D eigenvalue weighted by molar-refractivity contribution is 5.46. The number of hydrogen-bond donors (Lipinski definition) is 4. The fourth-order valence-electron chi connectivity index (χ4n) is 6.01. The van der Waals surface area contributed by atoms with Crippen LogP contribution in [0.2, 0.25) is 0 Å². The Morgan fingerprint density at radius 3 is 1.86 bits per heavy atom. The molecule has 0 aromatic heterocycles. The molecule has 42 heavy (non-hydrogen) atoms. The third kappa shape index (κ3) is 6.10. The minimum atomic E-state index is 0.167. The van der Waals surface area contributed by atoms with Gasteiger partial charge in [0.2, 0.25) is 0 Å². The van der Waals surface area contributed by atoms with Crippen molar-refractivity contribution in [3.05, 3.63) is 107 Å². The molecule has 7 rings (SSSR count). The highest BCUT2D eigenvalue weighted by atomic mass is 16.5. The van der Waals surface area contributed by atoms with E-state index in [9.17, 15) is 20.4 Å². The van der Waals surface area contributed by atoms with Crippen molar-refractivity contribution in [2.75, 3.05) is 39.5 Å². The fourth-order valence-corrected chi connectivity index (χ4v) is 6.01. The molecule has 218 valence electrons. The molecule has 3 heterocycles. The molecule has 8 nitrogen and oxygen atoms in total. The summed E-state index contributed by atoms with van der Waals surface area (Å²) >= 11 is 0. The molecular weight excluding hydrogens is 534 g/mol. The molecule has 0 unspecified atom stereocenters. The predicted octanol–water partition coefficient (Wildman–Crippen LogP) is 5.46. The van der Waals surface area contributed by atoms with Crippen molar-refractivity contribution < 1.29 is 34.6 Å². The zero-order chi connectivity index (χ0) is 29.1. The van der Waals surface area contributed by atoms with Gasteiger partial charge in [-0.3, -0.25) is 4.90 Å². The average Bonchev–Trinajstić information content (AvgIpc) is 3.02. The van der Waals surface area contributed by atoms with E-state index in [1.807, 2.05) is 36.4 Å². The summed E-state index contributed by atoms with van der Waals surface area (Å²) in [7, 11) is 0. The van der Waals surface area contributed by atoms with Gasteiger partial charge in [-0.25, -0.2) is 0 Å². The summed E-state index contributed by atoms with van der Waals surface area (Å²) in [6.45, 7) is 4.35. The van der Waals surface area contributed by atoms with Crippen molar-refractivity contribution in [2.45, 2.75) is 24.3 Å². The van der Waals surface area contributed by atoms with Crippen LogP contribution in [0.5, 0.6) is 34.5 Å². The topological polar surface area (TPSA) is 112 Å². The average molecular weight is 570 g/mol. The smallest absolute Gasteiger partial charge is 0.127 e. The number of benzene rings is 4. The van der Waals surface area contributed by atoms with Gasteiger partial charge in [0.05, 0.1) is 26.4 Å². The third-order valence-corrected chi connectivity index (χ3v) is 8.20. The lowest BCUT2D eigenvalue weighted by Crippen LogP contribution is -2.43. The Labute approximate surface area is 245 Å². The molecule has 0 radical (unpaired) electrons. The number of fused-ring (bicyclic) bond motifs is 2. The van der Waals surface area contributed by atoms with Crippen molar-refractivity contribution in [3.8, 4) is 34.5 Å². The molecular formula is C34H35NO7. The second kappa shape index (κ2) is 12.2. The highest BCUT2D eigenvalue weighted by Gasteiger charge is 2.37. The number of phenolic OH excluding ortho intramolecular Hbond substituents is 4. The summed E-state index contributed by atoms with van der Waals surface area (Å²) in [5, 5.41) is 38.0. The molecule has 4 aromatic carbocycles. The van der Waals surface area contributed by atoms with Crippen LogP contribution in [-0.2, 0) is 11.2 Å². The number of ether oxygens (including phenoxy) is 3. The van der Waals surface area contributed by atoms with Crippen LogP contribution in [0.4, 0.5) is 0 Å². The van der Waals surface area contributed by atoms with Gasteiger partial charge in [-0.15, -0.1) is 0 Å². The molecule has 3 aliphatic rings. The van der Waals surface area contributed by atoms with E-state index in [1.165, 1.54) is 0 Å². The van der Waals surface area contributed by atoms with E-state index in [-0.39, 0.29) is 35.0 Å². The van der Waals surface area contributed by atoms with E-state index < -0.39 is 0 Å². The number of hydrogen-bond acceptors (Lipinski definition) is 8. The largest absolute Gasteiger partial charge is 0.508 e. The molecule has 0 bridgehead atoms. The lowest BCUT2D eigenvalue weighted by Gasteiger charge is -2.42. The van der Waals surface area contributed by atoms with Gasteiger partial charge in [-0.2, -0.15) is 0 Å². The van der Waals surface area contributed by atoms with Crippen LogP contribution in [0.15, 0.2) is 84.9 Å². The zero-order valence-electron chi connectivity index (χ0n) is 23.2. The molecule has 0 saturated carbocycles. The summed E-state index contributed by atoms with van der Waals surface area (Å²) in [5.74, 6) is 2.98. The molecule has 1 saturated heterocycles. The van der Waals surface area contributed by atoms with Crippen LogP contribution >= 0.6 is 0 Å². The molecule has 3 aliphatic heterocycles. The van der Waals surface area contributed by atoms with Crippen LogP contribution < -0.4 is 9.47 Å². The minimum absolute atomic E-state index is 0.167. The Morgan fingerprint density at radius 1 is 0.595 bits per heavy atom. The standard InChI is InChI=1S/C19H21NO4.C15H14O3/c21-14-3-1-13(2-4-14)17-12-24-18-11-15(22)5-6-16(18)19(17)20-7-9-23-10-8-20;16-13-4-1-10(2-5-13)12-7-11-3-6-14(17)8-15(11)18-9-12/h1-6,11,17,19,21-22H,7-10,12H2;1-6,8,12,16-17H,7,9H2/t17-,19+;12-/m00/s1. The normalized spacial score (nSPS) is 21.5. The van der Waals surface area contributed by atoms with Crippen molar-refractivity contribution in [3.63, 3.8) is 0 Å². The molecule has 0 aliphatic carbocycles. The first kappa shape index (κ1) is 27.8. The lowest BCUT2D eigenvalue weighted by atomic mass is 9.84. The highest BCUT2D eigenvalue weighted by Crippen LogP contribution is 2.45. The van der Waals surface area contributed by atoms with E-state index in [2.05, 4.69) is 4.90 Å². The molecule has 1 fully saturated rings. The van der Waals surface area contributed by atoms with Gasteiger partial charge in [0.1, 0.15) is 34.5 Å². The van der Waals surface area contributed by atoms with E-state index in [1.54, 1.807) is 48.5 Å². The molecule has 3 atom stereocenters. The third-order valence-electron chi connectivity index (χ3n) is 8.20. The van der Waals surface area contributed by atoms with Crippen LogP contribution in [0, 0.1) is 0 Å². The van der Waals surface area contributed by atoms with Crippen LogP contribution in [0.1, 0.15) is 40.1 Å². The maximum Gasteiger partial charge on any atom is 0.127 e. The lowest BCUT2D eigenvalue weighted by molar-refractivity contribution is 0.000372. The summed E-state index contributed by atoms with van der Waals surface area (Å²) in [5.41, 5.74) is 4.51. The first-order valence-electron chi connectivity index (χ1n) is 14.2. The Hall–Kier alpha value is -4.40. The fraction of sp³-hybridized carbons (Fsp3) is 0.294. The quantitative estimate of drug-likeness (QED) is 0.257. The van der Waals surface area contributed by atoms with Crippen molar-refractivity contribution in [1.82, 2.24) is 4.90 Å². The molecule has 0 amide bonds. The van der Waals surface area contributed by atoms with Gasteiger partial charge in [0.15, 0.2) is 0 Å². The van der Waals surface area contributed by atoms with Gasteiger partial charge in [-0.1, -0.05) is 36.4 Å². The van der Waals surface area contributed by atoms with Gasteiger partial charge < -0.3 is 34.6 Å². The van der Waals surface area contributed by atoms with E-state index >= 15 is 0 Å². The molecule has 4 aromatic rings. The van der Waals surface area contributed by atoms with Crippen molar-refractivity contribution >= 4 is 0 Å². The summed E-state index contributed by atoms with van der Waals surface area (Å²) in [4.78, 5) is 2.43. The number of phenols is 4. The van der Waals surface area contributed by atoms with Gasteiger partial charge in [0.25, 0.3) is 0 Å². The second-order valence-electron chi connectivity index (χ2n) is 10.9. The Bertz CT molecular complexity index is 1500. The summed E-state index contributed by atoms with van der Waals surface area (Å²) in [6, 6.07) is 25.4. The Balaban J connectivity index is 0.000000157. The number of nitrogens with zero attached hydrogens (tertiary/aromatic N) is 1. The van der Waals surface area contributed by atoms with Crippen LogP contribution in [-0.4, -0.2) is 64.8 Å². The van der Waals surface area contributed by atoms with Gasteiger partial charge in [0, 0.05) is 48.7 Å². The number of aromatic hydroxyl groups is 4. The summed E-state index contributed by atoms with van der Waals surface area (Å²) < 4.78 is 17.1. The van der Waals surface area contributed by atoms with E-state index in [4.69, 9.17) is 14.2 Å². The second-order valence-corrected chi connectivity index (χ2v) is 10.9. The van der Waals surface area contributed by atoms with E-state index in [0.29, 0.717) is 19.1 Å².